The van der Waals surface area contributed by atoms with E-state index in [0.717, 1.165) is 40.8 Å². The number of carbonyl (C=O) groups is 3. The Hall–Kier alpha value is -4.54. The zero-order valence-corrected chi connectivity index (χ0v) is 31.3. The van der Waals surface area contributed by atoms with Crippen molar-refractivity contribution < 1.29 is 62.7 Å². The number of nitrogens with zero attached hydrogens (tertiary/aromatic N) is 2. The highest BCUT2D eigenvalue weighted by Crippen LogP contribution is 2.57. The van der Waals surface area contributed by atoms with Crippen molar-refractivity contribution >= 4 is 27.7 Å². The maximum atomic E-state index is 15.2. The van der Waals surface area contributed by atoms with Crippen LogP contribution in [0.4, 0.5) is 39.9 Å². The van der Waals surface area contributed by atoms with Gasteiger partial charge < -0.3 is 9.64 Å². The summed E-state index contributed by atoms with van der Waals surface area (Å²) in [5.41, 5.74) is -7.01. The molecule has 4 aliphatic rings. The molecular weight excluding hydrogens is 788 g/mol. The Balaban J connectivity index is 1.17. The molecule has 3 aromatic rings. The first-order valence-electron chi connectivity index (χ1n) is 18.5. The summed E-state index contributed by atoms with van der Waals surface area (Å²) < 4.78 is 144. The molecule has 2 aliphatic heterocycles. The lowest BCUT2D eigenvalue weighted by Gasteiger charge is -2.44. The van der Waals surface area contributed by atoms with Gasteiger partial charge in [0.1, 0.15) is 17.2 Å². The highest BCUT2D eigenvalue weighted by atomic mass is 32.2. The van der Waals surface area contributed by atoms with Crippen LogP contribution in [0, 0.1) is 23.6 Å². The molecule has 1 unspecified atom stereocenters. The van der Waals surface area contributed by atoms with Gasteiger partial charge in [-0.3, -0.25) is 9.59 Å². The number of imide groups is 1. The third-order valence-corrected chi connectivity index (χ3v) is 14.8. The Morgan fingerprint density at radius 3 is 2.18 bits per heavy atom. The molecule has 3 fully saturated rings. The molecule has 17 heteroatoms. The first-order chi connectivity index (χ1) is 26.7. The van der Waals surface area contributed by atoms with E-state index in [-0.39, 0.29) is 73.8 Å². The summed E-state index contributed by atoms with van der Waals surface area (Å²) in [6.45, 7) is 1.66. The normalized spacial score (nSPS) is 26.8. The van der Waals surface area contributed by atoms with Crippen LogP contribution in [0.15, 0.2) is 77.7 Å². The summed E-state index contributed by atoms with van der Waals surface area (Å²) in [6.07, 6.45) is -13.3. The molecule has 3 aromatic carbocycles. The second-order valence-corrected chi connectivity index (χ2v) is 17.6. The number of fused-ring (bicyclic) bond motifs is 3. The van der Waals surface area contributed by atoms with E-state index in [1.165, 1.54) is 4.90 Å². The number of rotatable bonds is 7. The number of ether oxygens (including phenoxy) is 1. The molecule has 7 rings (SSSR count). The SMILES string of the molecule is C[C@@H]1CC(C(=O)N2CC[C@@]3(S(=O)(=O)c4ccc(F)cc4)c4ccc(C(F)(C(F)(F)F)C(F)(F)F)cc4CC[C@@H]23)CC[C@H]1C(=O)N1C(=O)OC[C@H]1Cc1ccccc1. The lowest BCUT2D eigenvalue weighted by molar-refractivity contribution is -0.348. The zero-order valence-electron chi connectivity index (χ0n) is 30.5. The third-order valence-electron chi connectivity index (χ3n) is 12.3. The van der Waals surface area contributed by atoms with Gasteiger partial charge >= 0.3 is 24.1 Å². The van der Waals surface area contributed by atoms with Crippen LogP contribution in [0.3, 0.4) is 0 Å². The van der Waals surface area contributed by atoms with Crippen molar-refractivity contribution in [2.45, 2.75) is 91.6 Å². The zero-order chi connectivity index (χ0) is 41.3. The molecule has 0 bridgehead atoms. The summed E-state index contributed by atoms with van der Waals surface area (Å²) >= 11 is 0. The van der Waals surface area contributed by atoms with E-state index in [1.807, 2.05) is 30.3 Å². The van der Waals surface area contributed by atoms with Crippen molar-refractivity contribution in [3.05, 3.63) is 101 Å². The van der Waals surface area contributed by atoms with Gasteiger partial charge in [0.15, 0.2) is 9.84 Å². The minimum atomic E-state index is -6.40. The van der Waals surface area contributed by atoms with Crippen LogP contribution in [-0.2, 0) is 47.4 Å². The molecule has 6 atom stereocenters. The Kier molecular flexibility index (Phi) is 10.3. The molecule has 0 N–H and O–H groups in total. The Bertz CT molecular complexity index is 2150. The fourth-order valence-electron chi connectivity index (χ4n) is 9.49. The highest BCUT2D eigenvalue weighted by molar-refractivity contribution is 7.92. The quantitative estimate of drug-likeness (QED) is 0.177. The van der Waals surface area contributed by atoms with Crippen LogP contribution in [-0.4, -0.2) is 73.7 Å². The van der Waals surface area contributed by atoms with E-state index in [0.29, 0.717) is 12.5 Å². The van der Waals surface area contributed by atoms with Crippen LogP contribution in [0.5, 0.6) is 0 Å². The van der Waals surface area contributed by atoms with Gasteiger partial charge in [-0.05, 0) is 91.8 Å². The van der Waals surface area contributed by atoms with Gasteiger partial charge in [-0.25, -0.2) is 26.9 Å². The number of amides is 3. The number of alkyl halides is 7. The fraction of sp³-hybridized carbons (Fsp3) is 0.475. The Morgan fingerprint density at radius 2 is 1.54 bits per heavy atom. The van der Waals surface area contributed by atoms with Crippen LogP contribution >= 0.6 is 0 Å². The van der Waals surface area contributed by atoms with E-state index in [1.54, 1.807) is 6.92 Å². The van der Waals surface area contributed by atoms with Gasteiger partial charge in [0.2, 0.25) is 11.8 Å². The van der Waals surface area contributed by atoms with Crippen LogP contribution in [0.1, 0.15) is 61.3 Å². The van der Waals surface area contributed by atoms with E-state index >= 15 is 4.39 Å². The van der Waals surface area contributed by atoms with Crippen molar-refractivity contribution in [1.82, 2.24) is 9.80 Å². The van der Waals surface area contributed by atoms with E-state index in [9.17, 15) is 53.5 Å². The maximum Gasteiger partial charge on any atom is 0.435 e. The van der Waals surface area contributed by atoms with E-state index < -0.39 is 91.7 Å². The molecule has 2 saturated heterocycles. The predicted molar refractivity (Wildman–Crippen MR) is 187 cm³/mol. The second kappa shape index (κ2) is 14.4. The van der Waals surface area contributed by atoms with Crippen LogP contribution in [0.25, 0.3) is 0 Å². The highest BCUT2D eigenvalue weighted by Gasteiger charge is 2.74. The molecule has 8 nitrogen and oxygen atoms in total. The predicted octanol–water partition coefficient (Wildman–Crippen LogP) is 7.97. The number of hydrogen-bond donors (Lipinski definition) is 0. The van der Waals surface area contributed by atoms with Gasteiger partial charge in [-0.1, -0.05) is 55.5 Å². The number of cyclic esters (lactones) is 1. The fourth-order valence-corrected chi connectivity index (χ4v) is 11.9. The van der Waals surface area contributed by atoms with Crippen molar-refractivity contribution in [1.29, 1.82) is 0 Å². The Labute approximate surface area is 323 Å². The number of carbonyl (C=O) groups excluding carboxylic acids is 3. The Morgan fingerprint density at radius 1 is 0.877 bits per heavy atom. The molecule has 2 aliphatic carbocycles. The summed E-state index contributed by atoms with van der Waals surface area (Å²) in [4.78, 5) is 43.2. The molecule has 0 radical (unpaired) electrons. The summed E-state index contributed by atoms with van der Waals surface area (Å²) in [6, 6.07) is 12.8. The second-order valence-electron chi connectivity index (χ2n) is 15.4. The van der Waals surface area contributed by atoms with Crippen molar-refractivity contribution in [3.63, 3.8) is 0 Å². The largest absolute Gasteiger partial charge is 0.447 e. The van der Waals surface area contributed by atoms with Gasteiger partial charge in [0, 0.05) is 23.9 Å². The monoisotopic (exact) mass is 826 g/mol. The molecule has 0 aromatic heterocycles. The number of sulfone groups is 1. The summed E-state index contributed by atoms with van der Waals surface area (Å²) in [7, 11) is -4.66. The molecule has 3 amide bonds. The van der Waals surface area contributed by atoms with Gasteiger partial charge in [-0.15, -0.1) is 0 Å². The van der Waals surface area contributed by atoms with Crippen LogP contribution in [0.2, 0.25) is 0 Å². The maximum absolute atomic E-state index is 15.2. The van der Waals surface area contributed by atoms with E-state index in [2.05, 4.69) is 0 Å². The number of aryl methyl sites for hydroxylation is 1. The molecule has 306 valence electrons. The summed E-state index contributed by atoms with van der Waals surface area (Å²) in [5.74, 6) is -3.33. The van der Waals surface area contributed by atoms with E-state index in [4.69, 9.17) is 4.74 Å². The van der Waals surface area contributed by atoms with Crippen molar-refractivity contribution in [2.75, 3.05) is 13.2 Å². The first-order valence-corrected chi connectivity index (χ1v) is 20.0. The van der Waals surface area contributed by atoms with Gasteiger partial charge in [0.05, 0.1) is 17.0 Å². The third kappa shape index (κ3) is 6.57. The standard InChI is InChI=1S/C40H38F8N2O6S/c1-23-19-26(7-14-31(23)35(52)50-29(22-56-36(50)53)20-24-5-3-2-4-6-24)34(51)49-18-17-37(57(54,55)30-12-10-28(41)11-13-30)32-15-9-27(21-25(32)8-16-33(37)49)38(42,39(43,44)45)40(46,47)48/h2-6,9-13,15,21,23,26,29,31,33H,7-8,14,16-20,22H2,1H3/t23-,26?,29-,31-,33-,37-/m1/s1. The average Bonchev–Trinajstić information content (AvgIpc) is 3.74. The minimum absolute atomic E-state index is 0.0321. The van der Waals surface area contributed by atoms with Gasteiger partial charge in [-0.2, -0.15) is 26.3 Å². The smallest absolute Gasteiger partial charge is 0.435 e. The number of likely N-dealkylation sites (tertiary alicyclic amines) is 1. The van der Waals surface area contributed by atoms with Gasteiger partial charge in [0.25, 0.3) is 0 Å². The number of benzene rings is 3. The lowest BCUT2D eigenvalue weighted by Crippen LogP contribution is -2.54. The number of hydrogen-bond acceptors (Lipinski definition) is 6. The average molecular weight is 827 g/mol. The topological polar surface area (TPSA) is 101 Å². The minimum Gasteiger partial charge on any atom is -0.447 e. The molecular formula is C40H38F8N2O6S. The molecule has 1 saturated carbocycles. The van der Waals surface area contributed by atoms with Crippen LogP contribution < -0.4 is 0 Å². The molecule has 57 heavy (non-hydrogen) atoms. The molecule has 0 spiro atoms. The van der Waals surface area contributed by atoms with Crippen molar-refractivity contribution in [3.8, 4) is 0 Å². The lowest BCUT2D eigenvalue weighted by atomic mass is 9.73. The number of halogens is 8. The molecule has 2 heterocycles. The summed E-state index contributed by atoms with van der Waals surface area (Å²) in [5, 5.41) is 0. The first kappa shape index (κ1) is 40.6. The van der Waals surface area contributed by atoms with Crippen molar-refractivity contribution in [2.24, 2.45) is 17.8 Å².